The predicted molar refractivity (Wildman–Crippen MR) is 58.0 cm³/mol. The average molecular weight is 223 g/mol. The van der Waals surface area contributed by atoms with Crippen molar-refractivity contribution in [3.05, 3.63) is 41.6 Å². The van der Waals surface area contributed by atoms with Crippen molar-refractivity contribution in [2.75, 3.05) is 0 Å². The minimum atomic E-state index is 0.245. The van der Waals surface area contributed by atoms with Crippen LogP contribution in [0.2, 0.25) is 0 Å². The van der Waals surface area contributed by atoms with Crippen LogP contribution in [0.15, 0.2) is 24.3 Å². The number of benzene rings is 1. The summed E-state index contributed by atoms with van der Waals surface area (Å²) in [4.78, 5) is 0. The van der Waals surface area contributed by atoms with Crippen LogP contribution in [-0.2, 0) is 7.05 Å². The summed E-state index contributed by atoms with van der Waals surface area (Å²) >= 11 is 0. The summed E-state index contributed by atoms with van der Waals surface area (Å²) in [5, 5.41) is 21.8. The molecule has 5 nitrogen and oxygen atoms in total. The first-order chi connectivity index (χ1) is 8.26. The van der Waals surface area contributed by atoms with E-state index >= 15 is 0 Å². The van der Waals surface area contributed by atoms with Gasteiger partial charge in [0.1, 0.15) is 18.3 Å². The van der Waals surface area contributed by atoms with Gasteiger partial charge in [-0.3, -0.25) is 0 Å². The van der Waals surface area contributed by atoms with Crippen LogP contribution in [0.5, 0.6) is 11.6 Å². The predicted octanol–water partition coefficient (Wildman–Crippen LogP) is 1.76. The summed E-state index contributed by atoms with van der Waals surface area (Å²) in [6.45, 7) is 0. The second-order valence-corrected chi connectivity index (χ2v) is 3.24. The van der Waals surface area contributed by atoms with Gasteiger partial charge < -0.3 is 4.74 Å². The van der Waals surface area contributed by atoms with Gasteiger partial charge in [-0.15, -0.1) is 0 Å². The monoisotopic (exact) mass is 223 g/mol. The number of hydrogen-bond acceptors (Lipinski definition) is 4. The second kappa shape index (κ2) is 4.38. The van der Waals surface area contributed by atoms with Gasteiger partial charge in [0, 0.05) is 13.1 Å². The summed E-state index contributed by atoms with van der Waals surface area (Å²) in [5.41, 5.74) is 0.621. The van der Waals surface area contributed by atoms with Crippen molar-refractivity contribution in [2.45, 2.75) is 0 Å². The maximum absolute atomic E-state index is 8.97. The van der Waals surface area contributed by atoms with Gasteiger partial charge in [-0.25, -0.2) is 4.68 Å². The highest BCUT2D eigenvalue weighted by Gasteiger charge is 2.12. The van der Waals surface area contributed by atoms with Gasteiger partial charge >= 0.3 is 0 Å². The van der Waals surface area contributed by atoms with Gasteiger partial charge in [-0.1, -0.05) is 6.07 Å². The molecule has 0 unspecified atom stereocenters. The lowest BCUT2D eigenvalue weighted by Gasteiger charge is -2.08. The number of aromatic nitrogens is 2. The molecule has 1 heterocycles. The first-order valence-electron chi connectivity index (χ1n) is 4.77. The zero-order valence-electron chi connectivity index (χ0n) is 9.01. The van der Waals surface area contributed by atoms with Gasteiger partial charge in [0.05, 0.1) is 11.1 Å². The molecule has 0 amide bonds. The lowest BCUT2D eigenvalue weighted by Crippen LogP contribution is -1.98. The molecule has 0 spiro atoms. The first kappa shape index (κ1) is 10.7. The molecule has 2 aromatic rings. The average Bonchev–Trinajstić information content (AvgIpc) is 2.75. The number of nitrogens with zero attached hydrogens (tertiary/aromatic N) is 4. The first-order valence-corrected chi connectivity index (χ1v) is 4.77. The number of rotatable bonds is 2. The molecule has 0 bridgehead atoms. The third-order valence-electron chi connectivity index (χ3n) is 2.18. The van der Waals surface area contributed by atoms with Crippen LogP contribution in [0.4, 0.5) is 0 Å². The molecular formula is C12H7N4O. The molecule has 0 N–H and O–H groups in total. The lowest BCUT2D eigenvalue weighted by atomic mass is 10.1. The molecule has 2 rings (SSSR count). The van der Waals surface area contributed by atoms with Gasteiger partial charge in [0.15, 0.2) is 5.75 Å². The Morgan fingerprint density at radius 1 is 1.29 bits per heavy atom. The van der Waals surface area contributed by atoms with Gasteiger partial charge in [0.25, 0.3) is 0 Å². The zero-order chi connectivity index (χ0) is 12.3. The van der Waals surface area contributed by atoms with Crippen LogP contribution in [0.25, 0.3) is 0 Å². The Balaban J connectivity index is 2.49. The number of para-hydroxylation sites is 1. The molecular weight excluding hydrogens is 216 g/mol. The van der Waals surface area contributed by atoms with Gasteiger partial charge in [-0.2, -0.15) is 15.6 Å². The van der Waals surface area contributed by atoms with E-state index in [0.717, 1.165) is 0 Å². The topological polar surface area (TPSA) is 74.6 Å². The normalized spacial score (nSPS) is 9.35. The maximum Gasteiger partial charge on any atom is 0.218 e. The smallest absolute Gasteiger partial charge is 0.218 e. The Bertz CT molecular complexity index is 598. The van der Waals surface area contributed by atoms with E-state index in [0.29, 0.717) is 17.0 Å². The fraction of sp³-hybridized carbons (Fsp3) is 0.0833. The standard InChI is InChI=1S/C12H7N4O/c1-16-11(5-6-15-16)17-12-9(7-13)3-2-4-10(12)8-14/h2-5H,1H3. The second-order valence-electron chi connectivity index (χ2n) is 3.24. The third kappa shape index (κ3) is 1.95. The summed E-state index contributed by atoms with van der Waals surface area (Å²) < 4.78 is 6.98. The molecule has 1 radical (unpaired) electrons. The Morgan fingerprint density at radius 3 is 2.41 bits per heavy atom. The maximum atomic E-state index is 8.97. The summed E-state index contributed by atoms with van der Waals surface area (Å²) in [5.74, 6) is 0.665. The van der Waals surface area contributed by atoms with Crippen LogP contribution in [0.1, 0.15) is 11.1 Å². The zero-order valence-corrected chi connectivity index (χ0v) is 9.01. The largest absolute Gasteiger partial charge is 0.436 e. The minimum Gasteiger partial charge on any atom is -0.436 e. The molecule has 0 fully saturated rings. The molecule has 0 saturated heterocycles. The fourth-order valence-corrected chi connectivity index (χ4v) is 1.34. The number of nitriles is 2. The molecule has 81 valence electrons. The van der Waals surface area contributed by atoms with E-state index in [1.54, 1.807) is 25.2 Å². The number of aryl methyl sites for hydroxylation is 1. The minimum absolute atomic E-state index is 0.245. The molecule has 5 heteroatoms. The molecule has 0 aliphatic heterocycles. The highest BCUT2D eigenvalue weighted by Crippen LogP contribution is 2.27. The highest BCUT2D eigenvalue weighted by molar-refractivity contribution is 5.54. The summed E-state index contributed by atoms with van der Waals surface area (Å²) in [7, 11) is 1.69. The van der Waals surface area contributed by atoms with Crippen molar-refractivity contribution in [3.63, 3.8) is 0 Å². The van der Waals surface area contributed by atoms with Gasteiger partial charge in [0.2, 0.25) is 5.88 Å². The molecule has 0 saturated carbocycles. The quantitative estimate of drug-likeness (QED) is 0.777. The van der Waals surface area contributed by atoms with Crippen LogP contribution < -0.4 is 4.74 Å². The number of hydrogen-bond donors (Lipinski definition) is 0. The summed E-state index contributed by atoms with van der Waals surface area (Å²) in [6.07, 6.45) is 2.62. The van der Waals surface area contributed by atoms with Crippen molar-refractivity contribution in [3.8, 4) is 23.8 Å². The van der Waals surface area contributed by atoms with E-state index in [9.17, 15) is 0 Å². The van der Waals surface area contributed by atoms with E-state index in [2.05, 4.69) is 11.3 Å². The Morgan fingerprint density at radius 2 is 1.94 bits per heavy atom. The Hall–Kier alpha value is -2.79. The Labute approximate surface area is 98.1 Å². The van der Waals surface area contributed by atoms with Crippen molar-refractivity contribution >= 4 is 0 Å². The van der Waals surface area contributed by atoms with Crippen LogP contribution >= 0.6 is 0 Å². The summed E-state index contributed by atoms with van der Waals surface area (Å²) in [6, 6.07) is 10.3. The molecule has 17 heavy (non-hydrogen) atoms. The van der Waals surface area contributed by atoms with Crippen molar-refractivity contribution in [1.82, 2.24) is 9.78 Å². The van der Waals surface area contributed by atoms with E-state index in [1.165, 1.54) is 10.7 Å². The van der Waals surface area contributed by atoms with Crippen LogP contribution in [0.3, 0.4) is 0 Å². The third-order valence-corrected chi connectivity index (χ3v) is 2.18. The molecule has 0 aliphatic rings. The fourth-order valence-electron chi connectivity index (χ4n) is 1.34. The molecule has 1 aromatic heterocycles. The van der Waals surface area contributed by atoms with Crippen molar-refractivity contribution in [1.29, 1.82) is 10.5 Å². The Kier molecular flexibility index (Phi) is 2.76. The van der Waals surface area contributed by atoms with Gasteiger partial charge in [-0.05, 0) is 12.1 Å². The molecule has 0 atom stereocenters. The van der Waals surface area contributed by atoms with Crippen LogP contribution in [0, 0.1) is 28.9 Å². The highest BCUT2D eigenvalue weighted by atomic mass is 16.5. The van der Waals surface area contributed by atoms with E-state index in [-0.39, 0.29) is 5.75 Å². The van der Waals surface area contributed by atoms with Crippen LogP contribution in [-0.4, -0.2) is 9.78 Å². The van der Waals surface area contributed by atoms with E-state index in [4.69, 9.17) is 15.3 Å². The van der Waals surface area contributed by atoms with E-state index < -0.39 is 0 Å². The molecule has 1 aromatic carbocycles. The SMILES string of the molecule is Cn1n[c]cc1Oc1c(C#N)cccc1C#N. The number of ether oxygens (including phenoxy) is 1. The van der Waals surface area contributed by atoms with E-state index in [1.807, 2.05) is 12.1 Å². The van der Waals surface area contributed by atoms with Crippen molar-refractivity contribution < 1.29 is 4.74 Å². The lowest BCUT2D eigenvalue weighted by molar-refractivity contribution is 0.428. The molecule has 0 aliphatic carbocycles. The van der Waals surface area contributed by atoms with Crippen molar-refractivity contribution in [2.24, 2.45) is 7.05 Å².